The van der Waals surface area contributed by atoms with Gasteiger partial charge in [0, 0.05) is 6.04 Å². The molecule has 1 nitrogen and oxygen atoms in total. The van der Waals surface area contributed by atoms with Crippen LogP contribution < -0.4 is 0 Å². The fraction of sp³-hybridized carbons (Fsp3) is 0.867. The molecular weight excluding hydrogens is 194 g/mol. The Hall–Kier alpha value is -0.300. The third-order valence-electron chi connectivity index (χ3n) is 3.50. The number of nitrogens with zero attached hydrogens (tertiary/aromatic N) is 1. The molecule has 0 saturated carbocycles. The highest BCUT2D eigenvalue weighted by Crippen LogP contribution is 2.14. The van der Waals surface area contributed by atoms with E-state index in [0.29, 0.717) is 0 Å². The molecule has 96 valence electrons. The molecule has 0 amide bonds. The largest absolute Gasteiger partial charge is 0.301 e. The van der Waals surface area contributed by atoms with Crippen molar-refractivity contribution in [1.29, 1.82) is 0 Å². The van der Waals surface area contributed by atoms with Gasteiger partial charge in [-0.3, -0.25) is 0 Å². The van der Waals surface area contributed by atoms with Crippen LogP contribution in [-0.4, -0.2) is 24.0 Å². The normalized spacial score (nSPS) is 13.0. The van der Waals surface area contributed by atoms with Crippen LogP contribution in [0.25, 0.3) is 0 Å². The van der Waals surface area contributed by atoms with E-state index in [0.717, 1.165) is 6.04 Å². The second-order valence-corrected chi connectivity index (χ2v) is 4.56. The Bertz CT molecular complexity index is 150. The lowest BCUT2D eigenvalue weighted by Crippen LogP contribution is -2.34. The highest BCUT2D eigenvalue weighted by Gasteiger charge is 2.12. The van der Waals surface area contributed by atoms with Crippen LogP contribution in [0.2, 0.25) is 0 Å². The van der Waals surface area contributed by atoms with Crippen molar-refractivity contribution in [1.82, 2.24) is 4.90 Å². The molecule has 16 heavy (non-hydrogen) atoms. The molecular formula is C15H31N. The predicted molar refractivity (Wildman–Crippen MR) is 74.9 cm³/mol. The first-order valence-corrected chi connectivity index (χ1v) is 7.14. The van der Waals surface area contributed by atoms with Gasteiger partial charge in [-0.15, -0.1) is 6.58 Å². The molecule has 0 fully saturated rings. The topological polar surface area (TPSA) is 3.24 Å². The first-order valence-electron chi connectivity index (χ1n) is 7.14. The first-order chi connectivity index (χ1) is 7.79. The van der Waals surface area contributed by atoms with Crippen molar-refractivity contribution >= 4 is 0 Å². The summed E-state index contributed by atoms with van der Waals surface area (Å²) in [4.78, 5) is 2.60. The van der Waals surface area contributed by atoms with Gasteiger partial charge in [-0.05, 0) is 38.8 Å². The Morgan fingerprint density at radius 3 is 2.12 bits per heavy atom. The molecule has 0 aromatic carbocycles. The maximum absolute atomic E-state index is 3.76. The molecule has 0 N–H and O–H groups in total. The number of unbranched alkanes of at least 4 members (excludes halogenated alkanes) is 4. The monoisotopic (exact) mass is 225 g/mol. The average Bonchev–Trinajstić information content (AvgIpc) is 2.32. The van der Waals surface area contributed by atoms with Crippen LogP contribution in [0.5, 0.6) is 0 Å². The molecule has 0 aromatic heterocycles. The third kappa shape index (κ3) is 7.05. The van der Waals surface area contributed by atoms with Gasteiger partial charge in [0.2, 0.25) is 0 Å². The molecule has 0 saturated heterocycles. The quantitative estimate of drug-likeness (QED) is 0.366. The highest BCUT2D eigenvalue weighted by atomic mass is 15.1. The molecule has 0 heterocycles. The smallest absolute Gasteiger partial charge is 0.00924 e. The number of allylic oxidation sites excluding steroid dienone is 1. The molecule has 0 rings (SSSR count). The summed E-state index contributed by atoms with van der Waals surface area (Å²) >= 11 is 0. The van der Waals surface area contributed by atoms with Crippen molar-refractivity contribution in [2.24, 2.45) is 0 Å². The highest BCUT2D eigenvalue weighted by molar-refractivity contribution is 4.69. The van der Waals surface area contributed by atoms with Crippen molar-refractivity contribution < 1.29 is 0 Å². The molecule has 0 aliphatic rings. The third-order valence-corrected chi connectivity index (χ3v) is 3.50. The molecule has 0 aliphatic carbocycles. The summed E-state index contributed by atoms with van der Waals surface area (Å²) in [5, 5.41) is 0. The molecule has 1 unspecified atom stereocenters. The summed E-state index contributed by atoms with van der Waals surface area (Å²) in [7, 11) is 0. The lowest BCUT2D eigenvalue weighted by molar-refractivity contribution is 0.197. The van der Waals surface area contributed by atoms with E-state index < -0.39 is 0 Å². The molecule has 1 heteroatoms. The summed E-state index contributed by atoms with van der Waals surface area (Å²) < 4.78 is 0. The van der Waals surface area contributed by atoms with Gasteiger partial charge in [-0.2, -0.15) is 0 Å². The molecule has 0 spiro atoms. The number of rotatable bonds is 11. The van der Waals surface area contributed by atoms with Crippen LogP contribution in [0, 0.1) is 0 Å². The lowest BCUT2D eigenvalue weighted by Gasteiger charge is -2.28. The van der Waals surface area contributed by atoms with Gasteiger partial charge in [-0.25, -0.2) is 0 Å². The molecule has 0 aromatic rings. The Kier molecular flexibility index (Phi) is 11.0. The van der Waals surface area contributed by atoms with Crippen LogP contribution in [0.1, 0.15) is 65.7 Å². The zero-order valence-corrected chi connectivity index (χ0v) is 11.7. The first kappa shape index (κ1) is 15.7. The number of hydrogen-bond donors (Lipinski definition) is 0. The Labute approximate surface area is 103 Å². The molecule has 0 radical (unpaired) electrons. The zero-order valence-electron chi connectivity index (χ0n) is 11.7. The van der Waals surface area contributed by atoms with Gasteiger partial charge < -0.3 is 4.90 Å². The van der Waals surface area contributed by atoms with Crippen molar-refractivity contribution in [3.8, 4) is 0 Å². The second kappa shape index (κ2) is 11.2. The predicted octanol–water partition coefficient (Wildman–Crippen LogP) is 4.63. The van der Waals surface area contributed by atoms with E-state index >= 15 is 0 Å². The van der Waals surface area contributed by atoms with E-state index in [4.69, 9.17) is 0 Å². The van der Waals surface area contributed by atoms with Crippen LogP contribution in [0.4, 0.5) is 0 Å². The van der Waals surface area contributed by atoms with Crippen molar-refractivity contribution in [3.05, 3.63) is 12.7 Å². The van der Waals surface area contributed by atoms with Crippen molar-refractivity contribution in [2.75, 3.05) is 13.1 Å². The van der Waals surface area contributed by atoms with E-state index in [1.54, 1.807) is 0 Å². The molecule has 0 aliphatic heterocycles. The summed E-state index contributed by atoms with van der Waals surface area (Å²) in [6, 6.07) is 0.814. The van der Waals surface area contributed by atoms with E-state index in [-0.39, 0.29) is 0 Å². The Morgan fingerprint density at radius 2 is 1.62 bits per heavy atom. The minimum absolute atomic E-state index is 0.814. The summed E-state index contributed by atoms with van der Waals surface area (Å²) in [6.45, 7) is 13.0. The SMILES string of the molecule is C=CCCCCCCC(CC)N(CC)CC. The van der Waals surface area contributed by atoms with E-state index in [9.17, 15) is 0 Å². The van der Waals surface area contributed by atoms with E-state index in [1.165, 1.54) is 58.0 Å². The second-order valence-electron chi connectivity index (χ2n) is 4.56. The van der Waals surface area contributed by atoms with Crippen LogP contribution in [-0.2, 0) is 0 Å². The Morgan fingerprint density at radius 1 is 1.00 bits per heavy atom. The Balaban J connectivity index is 3.58. The van der Waals surface area contributed by atoms with Crippen LogP contribution in [0.3, 0.4) is 0 Å². The number of hydrogen-bond acceptors (Lipinski definition) is 1. The van der Waals surface area contributed by atoms with E-state index in [2.05, 4.69) is 32.3 Å². The van der Waals surface area contributed by atoms with Crippen molar-refractivity contribution in [2.45, 2.75) is 71.8 Å². The fourth-order valence-electron chi connectivity index (χ4n) is 2.41. The molecule has 1 atom stereocenters. The van der Waals surface area contributed by atoms with Gasteiger partial charge >= 0.3 is 0 Å². The van der Waals surface area contributed by atoms with Gasteiger partial charge in [0.15, 0.2) is 0 Å². The van der Waals surface area contributed by atoms with Gasteiger partial charge in [0.05, 0.1) is 0 Å². The standard InChI is InChI=1S/C15H31N/c1-5-9-10-11-12-13-14-15(6-2)16(7-3)8-4/h5,15H,1,6-14H2,2-4H3. The van der Waals surface area contributed by atoms with Crippen LogP contribution >= 0.6 is 0 Å². The van der Waals surface area contributed by atoms with Crippen molar-refractivity contribution in [3.63, 3.8) is 0 Å². The summed E-state index contributed by atoms with van der Waals surface area (Å²) in [5.41, 5.74) is 0. The lowest BCUT2D eigenvalue weighted by atomic mass is 10.0. The summed E-state index contributed by atoms with van der Waals surface area (Å²) in [6.07, 6.45) is 11.4. The van der Waals surface area contributed by atoms with Gasteiger partial charge in [-0.1, -0.05) is 46.1 Å². The van der Waals surface area contributed by atoms with E-state index in [1.807, 2.05) is 6.08 Å². The fourth-order valence-corrected chi connectivity index (χ4v) is 2.41. The molecule has 0 bridgehead atoms. The maximum Gasteiger partial charge on any atom is 0.00924 e. The maximum atomic E-state index is 3.76. The average molecular weight is 225 g/mol. The summed E-state index contributed by atoms with van der Waals surface area (Å²) in [5.74, 6) is 0. The zero-order chi connectivity index (χ0) is 12.2. The minimum atomic E-state index is 0.814. The van der Waals surface area contributed by atoms with Gasteiger partial charge in [0.1, 0.15) is 0 Å². The minimum Gasteiger partial charge on any atom is -0.301 e. The van der Waals surface area contributed by atoms with Gasteiger partial charge in [0.25, 0.3) is 0 Å². The van der Waals surface area contributed by atoms with Crippen LogP contribution in [0.15, 0.2) is 12.7 Å².